The Balaban J connectivity index is 1.90. The molecule has 0 unspecified atom stereocenters. The minimum Gasteiger partial charge on any atom is -0.480 e. The Morgan fingerprint density at radius 1 is 1.32 bits per heavy atom. The molecular formula is C20H24N2O5S. The van der Waals surface area contributed by atoms with E-state index in [1.807, 2.05) is 31.2 Å². The lowest BCUT2D eigenvalue weighted by molar-refractivity contribution is -0.139. The maximum absolute atomic E-state index is 12.1. The molecule has 0 radical (unpaired) electrons. The lowest BCUT2D eigenvalue weighted by Crippen LogP contribution is -2.35. The molecule has 0 atom stereocenters. The number of aliphatic carboxylic acids is 1. The number of rotatable bonds is 7. The van der Waals surface area contributed by atoms with Gasteiger partial charge in [-0.05, 0) is 50.6 Å². The summed E-state index contributed by atoms with van der Waals surface area (Å²) in [7, 11) is 1.29. The molecule has 1 aliphatic rings. The molecule has 1 fully saturated rings. The minimum absolute atomic E-state index is 0.269. The summed E-state index contributed by atoms with van der Waals surface area (Å²) in [6.07, 6.45) is 2.14. The highest BCUT2D eigenvalue weighted by atomic mass is 32.1. The van der Waals surface area contributed by atoms with Gasteiger partial charge in [-0.3, -0.25) is 0 Å². The van der Waals surface area contributed by atoms with Gasteiger partial charge in [0.25, 0.3) is 0 Å². The van der Waals surface area contributed by atoms with E-state index in [1.165, 1.54) is 18.4 Å². The summed E-state index contributed by atoms with van der Waals surface area (Å²) in [5.41, 5.74) is 2.69. The van der Waals surface area contributed by atoms with Crippen LogP contribution in [-0.2, 0) is 9.53 Å². The molecule has 1 aliphatic heterocycles. The molecule has 3 rings (SSSR count). The molecule has 1 aromatic heterocycles. The highest BCUT2D eigenvalue weighted by molar-refractivity contribution is 7.18. The summed E-state index contributed by atoms with van der Waals surface area (Å²) in [4.78, 5) is 24.2. The molecule has 1 saturated heterocycles. The predicted molar refractivity (Wildman–Crippen MR) is 108 cm³/mol. The molecule has 3 N–H and O–H groups in total. The molecule has 2 aromatic rings. The average molecular weight is 404 g/mol. The number of benzene rings is 1. The molecule has 150 valence electrons. The van der Waals surface area contributed by atoms with Crippen molar-refractivity contribution >= 4 is 29.0 Å². The highest BCUT2D eigenvalue weighted by Crippen LogP contribution is 2.42. The number of esters is 1. The van der Waals surface area contributed by atoms with Crippen molar-refractivity contribution in [1.29, 1.82) is 0 Å². The van der Waals surface area contributed by atoms with Crippen LogP contribution in [0.2, 0.25) is 0 Å². The van der Waals surface area contributed by atoms with Gasteiger partial charge in [-0.2, -0.15) is 0 Å². The summed E-state index contributed by atoms with van der Waals surface area (Å²) in [5.74, 6) is -1.37. The fourth-order valence-electron chi connectivity index (χ4n) is 3.26. The molecule has 2 heterocycles. The molecule has 8 heteroatoms. The quantitative estimate of drug-likeness (QED) is 0.610. The van der Waals surface area contributed by atoms with Gasteiger partial charge in [0.1, 0.15) is 5.75 Å². The standard InChI is InChI=1S/C20H24N2O5S/c1-12-17(27-11-16(23)24)19(20(25)26-2)28-18(12)13-4-3-5-15(10-13)22-14-6-8-21-9-7-14/h3-5,10,14,21-22H,6-9,11H2,1-2H3,(H,23,24). The third-order valence-corrected chi connectivity index (χ3v) is 5.94. The molecular weight excluding hydrogens is 380 g/mol. The second-order valence-electron chi connectivity index (χ2n) is 6.64. The maximum atomic E-state index is 12.1. The maximum Gasteiger partial charge on any atom is 0.351 e. The first-order valence-electron chi connectivity index (χ1n) is 9.13. The van der Waals surface area contributed by atoms with Gasteiger partial charge in [-0.1, -0.05) is 12.1 Å². The van der Waals surface area contributed by atoms with E-state index in [1.54, 1.807) is 0 Å². The smallest absolute Gasteiger partial charge is 0.351 e. The van der Waals surface area contributed by atoms with Crippen LogP contribution in [0.1, 0.15) is 28.1 Å². The summed E-state index contributed by atoms with van der Waals surface area (Å²) in [6, 6.07) is 8.43. The van der Waals surface area contributed by atoms with Gasteiger partial charge in [0.2, 0.25) is 0 Å². The van der Waals surface area contributed by atoms with E-state index in [0.29, 0.717) is 6.04 Å². The van der Waals surface area contributed by atoms with Crippen LogP contribution in [0.4, 0.5) is 5.69 Å². The van der Waals surface area contributed by atoms with Crippen LogP contribution in [0.15, 0.2) is 24.3 Å². The fraction of sp³-hybridized carbons (Fsp3) is 0.400. The highest BCUT2D eigenvalue weighted by Gasteiger charge is 2.24. The van der Waals surface area contributed by atoms with Crippen molar-refractivity contribution in [2.45, 2.75) is 25.8 Å². The molecule has 0 spiro atoms. The van der Waals surface area contributed by atoms with Gasteiger partial charge in [0, 0.05) is 22.2 Å². The van der Waals surface area contributed by atoms with Crippen molar-refractivity contribution < 1.29 is 24.2 Å². The van der Waals surface area contributed by atoms with Crippen molar-refractivity contribution in [3.05, 3.63) is 34.7 Å². The number of carbonyl (C=O) groups excluding carboxylic acids is 1. The van der Waals surface area contributed by atoms with E-state index in [4.69, 9.17) is 14.6 Å². The number of anilines is 1. The van der Waals surface area contributed by atoms with Crippen molar-refractivity contribution in [3.8, 4) is 16.2 Å². The van der Waals surface area contributed by atoms with Crippen LogP contribution in [-0.4, -0.2) is 49.9 Å². The van der Waals surface area contributed by atoms with Gasteiger partial charge in [0.05, 0.1) is 7.11 Å². The Kier molecular flexibility index (Phi) is 6.53. The average Bonchev–Trinajstić information content (AvgIpc) is 3.03. The van der Waals surface area contributed by atoms with Crippen molar-refractivity contribution in [1.82, 2.24) is 5.32 Å². The Morgan fingerprint density at radius 3 is 2.75 bits per heavy atom. The first-order valence-corrected chi connectivity index (χ1v) is 9.95. The van der Waals surface area contributed by atoms with Crippen LogP contribution >= 0.6 is 11.3 Å². The number of nitrogens with one attached hydrogen (secondary N) is 2. The number of methoxy groups -OCH3 is 1. The molecule has 0 aliphatic carbocycles. The van der Waals surface area contributed by atoms with E-state index in [2.05, 4.69) is 10.6 Å². The second kappa shape index (κ2) is 9.07. The number of hydrogen-bond acceptors (Lipinski definition) is 7. The van der Waals surface area contributed by atoms with E-state index >= 15 is 0 Å². The third-order valence-electron chi connectivity index (χ3n) is 4.64. The Bertz CT molecular complexity index is 858. The number of piperidine rings is 1. The first-order chi connectivity index (χ1) is 13.5. The number of carboxylic acid groups (broad SMARTS) is 1. The molecule has 0 saturated carbocycles. The van der Waals surface area contributed by atoms with Crippen molar-refractivity contribution in [2.24, 2.45) is 0 Å². The monoisotopic (exact) mass is 404 g/mol. The van der Waals surface area contributed by atoms with E-state index in [9.17, 15) is 9.59 Å². The van der Waals surface area contributed by atoms with Crippen LogP contribution < -0.4 is 15.4 Å². The topological polar surface area (TPSA) is 96.9 Å². The van der Waals surface area contributed by atoms with Gasteiger partial charge in [-0.25, -0.2) is 9.59 Å². The molecule has 28 heavy (non-hydrogen) atoms. The zero-order valence-electron chi connectivity index (χ0n) is 15.9. The minimum atomic E-state index is -1.10. The van der Waals surface area contributed by atoms with E-state index in [0.717, 1.165) is 47.6 Å². The number of ether oxygens (including phenoxy) is 2. The summed E-state index contributed by atoms with van der Waals surface area (Å²) in [6.45, 7) is 3.32. The third kappa shape index (κ3) is 4.63. The van der Waals surface area contributed by atoms with Crippen LogP contribution in [0.5, 0.6) is 5.75 Å². The zero-order chi connectivity index (χ0) is 20.1. The Hall–Kier alpha value is -2.58. The largest absolute Gasteiger partial charge is 0.480 e. The molecule has 7 nitrogen and oxygen atoms in total. The predicted octanol–water partition coefficient (Wildman–Crippen LogP) is 3.14. The lowest BCUT2D eigenvalue weighted by atomic mass is 10.1. The number of carbonyl (C=O) groups is 2. The summed E-state index contributed by atoms with van der Waals surface area (Å²) < 4.78 is 10.2. The Morgan fingerprint density at radius 2 is 2.07 bits per heavy atom. The number of hydrogen-bond donors (Lipinski definition) is 3. The van der Waals surface area contributed by atoms with E-state index in [-0.39, 0.29) is 10.6 Å². The number of carboxylic acids is 1. The lowest BCUT2D eigenvalue weighted by Gasteiger charge is -2.24. The Labute approximate surface area is 167 Å². The molecule has 0 bridgehead atoms. The first kappa shape index (κ1) is 20.2. The fourth-order valence-corrected chi connectivity index (χ4v) is 4.43. The van der Waals surface area contributed by atoms with Crippen molar-refractivity contribution in [3.63, 3.8) is 0 Å². The summed E-state index contributed by atoms with van der Waals surface area (Å²) >= 11 is 1.25. The van der Waals surface area contributed by atoms with E-state index < -0.39 is 18.5 Å². The summed E-state index contributed by atoms with van der Waals surface area (Å²) in [5, 5.41) is 15.8. The van der Waals surface area contributed by atoms with Gasteiger partial charge in [-0.15, -0.1) is 11.3 Å². The van der Waals surface area contributed by atoms with Crippen molar-refractivity contribution in [2.75, 3.05) is 32.1 Å². The van der Waals surface area contributed by atoms with Crippen LogP contribution in [0.25, 0.3) is 10.4 Å². The molecule has 0 amide bonds. The van der Waals surface area contributed by atoms with Gasteiger partial charge in [0.15, 0.2) is 11.5 Å². The van der Waals surface area contributed by atoms with Crippen LogP contribution in [0, 0.1) is 6.92 Å². The van der Waals surface area contributed by atoms with Gasteiger partial charge < -0.3 is 25.2 Å². The van der Waals surface area contributed by atoms with Crippen LogP contribution in [0.3, 0.4) is 0 Å². The normalized spacial score (nSPS) is 14.5. The number of thiophene rings is 1. The molecule has 1 aromatic carbocycles. The SMILES string of the molecule is COC(=O)c1sc(-c2cccc(NC3CCNCC3)c2)c(C)c1OCC(=O)O. The van der Waals surface area contributed by atoms with Gasteiger partial charge >= 0.3 is 11.9 Å². The second-order valence-corrected chi connectivity index (χ2v) is 7.66. The zero-order valence-corrected chi connectivity index (χ0v) is 16.7.